The van der Waals surface area contributed by atoms with E-state index < -0.39 is 5.97 Å². The second-order valence-corrected chi connectivity index (χ2v) is 11.0. The topological polar surface area (TPSA) is 112 Å². The van der Waals surface area contributed by atoms with E-state index in [1.807, 2.05) is 42.5 Å². The highest BCUT2D eigenvalue weighted by atomic mass is 32.1. The summed E-state index contributed by atoms with van der Waals surface area (Å²) < 4.78 is 1.80. The minimum absolute atomic E-state index is 0.0162. The Bertz CT molecular complexity index is 1520. The van der Waals surface area contributed by atoms with E-state index in [1.165, 1.54) is 17.7 Å². The molecule has 4 rings (SSSR count). The van der Waals surface area contributed by atoms with Crippen molar-refractivity contribution in [2.45, 2.75) is 39.7 Å². The Morgan fingerprint density at radius 2 is 1.65 bits per heavy atom. The second kappa shape index (κ2) is 12.1. The Morgan fingerprint density at radius 3 is 2.25 bits per heavy atom. The van der Waals surface area contributed by atoms with Gasteiger partial charge in [0.1, 0.15) is 10.7 Å². The molecule has 8 nitrogen and oxygen atoms in total. The van der Waals surface area contributed by atoms with Gasteiger partial charge in [-0.25, -0.2) is 4.79 Å². The fraction of sp³-hybridized carbons (Fsp3) is 0.226. The zero-order chi connectivity index (χ0) is 28.9. The number of hydrazone groups is 1. The minimum atomic E-state index is -0.986. The summed E-state index contributed by atoms with van der Waals surface area (Å²) in [4.78, 5) is 11.5. The molecule has 206 valence electrons. The number of carboxylic acids is 1. The van der Waals surface area contributed by atoms with Crippen molar-refractivity contribution in [3.63, 3.8) is 0 Å². The molecule has 9 heteroatoms. The van der Waals surface area contributed by atoms with Crippen molar-refractivity contribution in [2.75, 3.05) is 11.9 Å². The van der Waals surface area contributed by atoms with E-state index in [1.54, 1.807) is 23.7 Å². The van der Waals surface area contributed by atoms with E-state index in [0.29, 0.717) is 34.3 Å². The standard InChI is InChI=1S/C31H33N5O3S/c1-20(34-32-18-26(40)33-25-16-12-23(13-17-25)30(38)39)27-29(37)28(22-10-14-24(15-11-22)31(2,3)4)36(35-27)19-21-8-6-5-7-9-21/h5-17,32,37H,18-19H2,1-4H3,(H,33,40)(H,38,39). The van der Waals surface area contributed by atoms with Gasteiger partial charge >= 0.3 is 5.97 Å². The minimum Gasteiger partial charge on any atom is -0.504 e. The van der Waals surface area contributed by atoms with Crippen LogP contribution in [0.3, 0.4) is 0 Å². The Balaban J connectivity index is 1.54. The quantitative estimate of drug-likeness (QED) is 0.113. The first kappa shape index (κ1) is 28.5. The molecular weight excluding hydrogens is 522 g/mol. The van der Waals surface area contributed by atoms with Crippen LogP contribution in [0.4, 0.5) is 5.69 Å². The molecule has 0 fully saturated rings. The number of carboxylic acid groups (broad SMARTS) is 1. The molecule has 40 heavy (non-hydrogen) atoms. The molecule has 4 N–H and O–H groups in total. The van der Waals surface area contributed by atoms with Crippen LogP contribution < -0.4 is 10.7 Å². The van der Waals surface area contributed by atoms with Crippen LogP contribution in [0.2, 0.25) is 0 Å². The number of aromatic carboxylic acids is 1. The third kappa shape index (κ3) is 6.92. The first-order valence-corrected chi connectivity index (χ1v) is 13.3. The van der Waals surface area contributed by atoms with Crippen molar-refractivity contribution >= 4 is 34.6 Å². The fourth-order valence-electron chi connectivity index (χ4n) is 4.16. The predicted molar refractivity (Wildman–Crippen MR) is 163 cm³/mol. The maximum atomic E-state index is 11.3. The van der Waals surface area contributed by atoms with E-state index in [0.717, 1.165) is 11.1 Å². The predicted octanol–water partition coefficient (Wildman–Crippen LogP) is 6.05. The largest absolute Gasteiger partial charge is 0.504 e. The molecule has 0 saturated heterocycles. The van der Waals surface area contributed by atoms with Crippen LogP contribution in [0.5, 0.6) is 5.75 Å². The van der Waals surface area contributed by atoms with Crippen molar-refractivity contribution in [1.29, 1.82) is 0 Å². The molecule has 0 saturated carbocycles. The van der Waals surface area contributed by atoms with Gasteiger partial charge < -0.3 is 21.0 Å². The van der Waals surface area contributed by atoms with Gasteiger partial charge in [0.05, 0.1) is 24.4 Å². The second-order valence-electron chi connectivity index (χ2n) is 10.5. The van der Waals surface area contributed by atoms with E-state index >= 15 is 0 Å². The highest BCUT2D eigenvalue weighted by Crippen LogP contribution is 2.34. The normalized spacial score (nSPS) is 11.8. The molecule has 0 bridgehead atoms. The number of anilines is 1. The van der Waals surface area contributed by atoms with Crippen LogP contribution in [0.15, 0.2) is 84.0 Å². The summed E-state index contributed by atoms with van der Waals surface area (Å²) in [5.41, 5.74) is 8.45. The average molecular weight is 556 g/mol. The molecule has 0 aliphatic heterocycles. The van der Waals surface area contributed by atoms with Gasteiger partial charge in [-0.1, -0.05) is 87.6 Å². The average Bonchev–Trinajstić information content (AvgIpc) is 3.24. The first-order chi connectivity index (χ1) is 19.0. The van der Waals surface area contributed by atoms with Crippen LogP contribution in [-0.4, -0.2) is 43.2 Å². The SMILES string of the molecule is CC(=NNCC(=S)Nc1ccc(C(=O)O)cc1)c1nn(Cc2ccccc2)c(-c2ccc(C(C)(C)C)cc2)c1O. The Morgan fingerprint density at radius 1 is 1.00 bits per heavy atom. The summed E-state index contributed by atoms with van der Waals surface area (Å²) in [7, 11) is 0. The highest BCUT2D eigenvalue weighted by molar-refractivity contribution is 7.80. The number of thiocarbonyl (C=S) groups is 1. The van der Waals surface area contributed by atoms with E-state index in [-0.39, 0.29) is 23.3 Å². The summed E-state index contributed by atoms with van der Waals surface area (Å²) in [5.74, 6) is -0.929. The fourth-order valence-corrected chi connectivity index (χ4v) is 4.35. The smallest absolute Gasteiger partial charge is 0.335 e. The first-order valence-electron chi connectivity index (χ1n) is 12.9. The van der Waals surface area contributed by atoms with Gasteiger partial charge in [0.15, 0.2) is 11.4 Å². The number of hydrogen-bond donors (Lipinski definition) is 4. The molecule has 0 aliphatic rings. The highest BCUT2D eigenvalue weighted by Gasteiger charge is 2.22. The zero-order valence-corrected chi connectivity index (χ0v) is 23.8. The lowest BCUT2D eigenvalue weighted by Crippen LogP contribution is -2.24. The molecule has 4 aromatic rings. The van der Waals surface area contributed by atoms with Gasteiger partial charge in [0, 0.05) is 11.3 Å². The van der Waals surface area contributed by atoms with Crippen LogP contribution >= 0.6 is 12.2 Å². The number of nitrogens with zero attached hydrogens (tertiary/aromatic N) is 3. The van der Waals surface area contributed by atoms with E-state index in [2.05, 4.69) is 48.7 Å². The van der Waals surface area contributed by atoms with Crippen molar-refractivity contribution in [3.05, 3.63) is 101 Å². The summed E-state index contributed by atoms with van der Waals surface area (Å²) in [5, 5.41) is 32.6. The zero-order valence-electron chi connectivity index (χ0n) is 23.0. The number of benzene rings is 3. The van der Waals surface area contributed by atoms with Gasteiger partial charge in [0.25, 0.3) is 0 Å². The lowest BCUT2D eigenvalue weighted by Gasteiger charge is -2.19. The molecule has 0 unspecified atom stereocenters. The van der Waals surface area contributed by atoms with Crippen molar-refractivity contribution < 1.29 is 15.0 Å². The van der Waals surface area contributed by atoms with Gasteiger partial charge in [-0.15, -0.1) is 0 Å². The van der Waals surface area contributed by atoms with Crippen molar-refractivity contribution in [2.24, 2.45) is 5.10 Å². The summed E-state index contributed by atoms with van der Waals surface area (Å²) >= 11 is 5.38. The van der Waals surface area contributed by atoms with Crippen molar-refractivity contribution in [1.82, 2.24) is 15.2 Å². The number of rotatable bonds is 9. The number of aromatic nitrogens is 2. The maximum Gasteiger partial charge on any atom is 0.335 e. The number of aromatic hydroxyl groups is 1. The Labute approximate surface area is 239 Å². The van der Waals surface area contributed by atoms with E-state index in [9.17, 15) is 9.90 Å². The molecular formula is C31H33N5O3S. The maximum absolute atomic E-state index is 11.3. The lowest BCUT2D eigenvalue weighted by atomic mass is 9.86. The summed E-state index contributed by atoms with van der Waals surface area (Å²) in [6.07, 6.45) is 0. The Kier molecular flexibility index (Phi) is 8.64. The molecule has 1 heterocycles. The molecule has 1 aromatic heterocycles. The van der Waals surface area contributed by atoms with Crippen LogP contribution in [0.25, 0.3) is 11.3 Å². The van der Waals surface area contributed by atoms with Gasteiger partial charge in [0.2, 0.25) is 0 Å². The molecule has 0 radical (unpaired) electrons. The van der Waals surface area contributed by atoms with Gasteiger partial charge in [-0.05, 0) is 47.7 Å². The number of nitrogens with one attached hydrogen (secondary N) is 2. The van der Waals surface area contributed by atoms with Crippen LogP contribution in [0.1, 0.15) is 54.9 Å². The van der Waals surface area contributed by atoms with Crippen LogP contribution in [-0.2, 0) is 12.0 Å². The molecule has 0 atom stereocenters. The molecule has 0 amide bonds. The third-order valence-electron chi connectivity index (χ3n) is 6.37. The van der Waals surface area contributed by atoms with E-state index in [4.69, 9.17) is 22.4 Å². The Hall–Kier alpha value is -4.50. The number of hydrogen-bond acceptors (Lipinski definition) is 6. The number of carbonyl (C=O) groups is 1. The van der Waals surface area contributed by atoms with Gasteiger partial charge in [-0.3, -0.25) is 4.68 Å². The molecule has 0 aliphatic carbocycles. The molecule has 3 aromatic carbocycles. The monoisotopic (exact) mass is 555 g/mol. The van der Waals surface area contributed by atoms with Crippen LogP contribution in [0, 0.1) is 0 Å². The van der Waals surface area contributed by atoms with Crippen molar-refractivity contribution in [3.8, 4) is 17.0 Å². The van der Waals surface area contributed by atoms with Gasteiger partial charge in [-0.2, -0.15) is 10.2 Å². The molecule has 0 spiro atoms. The lowest BCUT2D eigenvalue weighted by molar-refractivity contribution is 0.0697. The summed E-state index contributed by atoms with van der Waals surface area (Å²) in [6, 6.07) is 24.5. The summed E-state index contributed by atoms with van der Waals surface area (Å²) in [6.45, 7) is 9.00. The third-order valence-corrected chi connectivity index (χ3v) is 6.62.